The van der Waals surface area contributed by atoms with E-state index in [4.69, 9.17) is 42.0 Å². The predicted octanol–water partition coefficient (Wildman–Crippen LogP) is 6.10. The number of benzene rings is 4. The van der Waals surface area contributed by atoms with E-state index in [2.05, 4.69) is 0 Å². The number of methoxy groups -OCH3 is 5. The third-order valence-electron chi connectivity index (χ3n) is 7.65. The highest BCUT2D eigenvalue weighted by molar-refractivity contribution is 5.92. The fraction of sp³-hybridized carbons (Fsp3) is 0.167. The molecule has 252 valence electrons. The molecule has 0 unspecified atom stereocenters. The SMILES string of the molecule is COc1ccc(-c2oc3cc(OC)c(OC)c(OC)c3c(=O)c2OC)cc1OCOc1cc(O)c2c(=O)cc(-c3ccc(O)cc3)oc2c1. The van der Waals surface area contributed by atoms with E-state index in [1.165, 1.54) is 71.9 Å². The van der Waals surface area contributed by atoms with Crippen LogP contribution < -0.4 is 44.0 Å². The Morgan fingerprint density at radius 3 is 1.94 bits per heavy atom. The minimum atomic E-state index is -0.505. The van der Waals surface area contributed by atoms with Crippen molar-refractivity contribution >= 4 is 21.9 Å². The summed E-state index contributed by atoms with van der Waals surface area (Å²) in [5, 5.41) is 20.3. The van der Waals surface area contributed by atoms with Crippen LogP contribution >= 0.6 is 0 Å². The van der Waals surface area contributed by atoms with Crippen LogP contribution in [0.25, 0.3) is 44.6 Å². The number of phenolic OH excluding ortho intramolecular Hbond substituents is 2. The summed E-state index contributed by atoms with van der Waals surface area (Å²) >= 11 is 0. The molecule has 6 rings (SSSR count). The third-order valence-corrected chi connectivity index (χ3v) is 7.65. The van der Waals surface area contributed by atoms with E-state index in [0.29, 0.717) is 16.9 Å². The average molecular weight is 671 g/mol. The molecule has 2 N–H and O–H groups in total. The van der Waals surface area contributed by atoms with Gasteiger partial charge in [-0.05, 0) is 42.5 Å². The Morgan fingerprint density at radius 2 is 1.27 bits per heavy atom. The monoisotopic (exact) mass is 670 g/mol. The highest BCUT2D eigenvalue weighted by Gasteiger charge is 2.25. The first kappa shape index (κ1) is 32.4. The number of ether oxygens (including phenoxy) is 7. The number of fused-ring (bicyclic) bond motifs is 2. The van der Waals surface area contributed by atoms with Crippen LogP contribution in [0.3, 0.4) is 0 Å². The Morgan fingerprint density at radius 1 is 0.592 bits per heavy atom. The highest BCUT2D eigenvalue weighted by atomic mass is 16.7. The van der Waals surface area contributed by atoms with Crippen LogP contribution in [0.1, 0.15) is 0 Å². The minimum absolute atomic E-state index is 0.0234. The van der Waals surface area contributed by atoms with Crippen molar-refractivity contribution in [1.82, 2.24) is 0 Å². The Hall–Kier alpha value is -6.50. The summed E-state index contributed by atoms with van der Waals surface area (Å²) in [5.74, 6) is 1.30. The van der Waals surface area contributed by atoms with Gasteiger partial charge >= 0.3 is 0 Å². The number of hydrogen-bond acceptors (Lipinski definition) is 13. The maximum absolute atomic E-state index is 13.7. The second kappa shape index (κ2) is 13.3. The second-order valence-electron chi connectivity index (χ2n) is 10.4. The summed E-state index contributed by atoms with van der Waals surface area (Å²) in [6.45, 7) is -0.361. The predicted molar refractivity (Wildman–Crippen MR) is 178 cm³/mol. The molecule has 0 bridgehead atoms. The first-order chi connectivity index (χ1) is 23.7. The van der Waals surface area contributed by atoms with Crippen LogP contribution in [0.2, 0.25) is 0 Å². The Labute approximate surface area is 277 Å². The van der Waals surface area contributed by atoms with Crippen LogP contribution in [0.4, 0.5) is 0 Å². The largest absolute Gasteiger partial charge is 0.508 e. The molecule has 0 aliphatic heterocycles. The van der Waals surface area contributed by atoms with Gasteiger partial charge in [-0.3, -0.25) is 9.59 Å². The van der Waals surface area contributed by atoms with Gasteiger partial charge in [0.1, 0.15) is 44.9 Å². The summed E-state index contributed by atoms with van der Waals surface area (Å²) in [6.07, 6.45) is 0. The fourth-order valence-corrected chi connectivity index (χ4v) is 5.36. The summed E-state index contributed by atoms with van der Waals surface area (Å²) in [6, 6.07) is 16.5. The maximum atomic E-state index is 13.7. The van der Waals surface area contributed by atoms with Gasteiger partial charge in [0.05, 0.1) is 35.5 Å². The van der Waals surface area contributed by atoms with Crippen molar-refractivity contribution in [2.45, 2.75) is 0 Å². The molecule has 0 amide bonds. The Balaban J connectivity index is 1.33. The van der Waals surface area contributed by atoms with Crippen LogP contribution in [0.15, 0.2) is 85.2 Å². The van der Waals surface area contributed by atoms with E-state index >= 15 is 0 Å². The van der Waals surface area contributed by atoms with Crippen molar-refractivity contribution < 1.29 is 52.2 Å². The number of phenols is 2. The zero-order valence-corrected chi connectivity index (χ0v) is 26.9. The normalized spacial score (nSPS) is 11.0. The van der Waals surface area contributed by atoms with Gasteiger partial charge in [0, 0.05) is 35.4 Å². The minimum Gasteiger partial charge on any atom is -0.508 e. The third kappa shape index (κ3) is 5.93. The molecule has 4 aromatic carbocycles. The van der Waals surface area contributed by atoms with Crippen molar-refractivity contribution in [3.05, 3.63) is 87.2 Å². The van der Waals surface area contributed by atoms with Gasteiger partial charge in [0.2, 0.25) is 23.7 Å². The van der Waals surface area contributed by atoms with Crippen LogP contribution in [-0.2, 0) is 0 Å². The molecule has 0 atom stereocenters. The van der Waals surface area contributed by atoms with Crippen molar-refractivity contribution in [3.8, 4) is 74.4 Å². The van der Waals surface area contributed by atoms with Crippen molar-refractivity contribution in [2.75, 3.05) is 42.3 Å². The van der Waals surface area contributed by atoms with Crippen LogP contribution in [0.5, 0.6) is 51.7 Å². The van der Waals surface area contributed by atoms with Crippen molar-refractivity contribution in [2.24, 2.45) is 0 Å². The zero-order chi connectivity index (χ0) is 34.8. The van der Waals surface area contributed by atoms with Gasteiger partial charge in [0.25, 0.3) is 0 Å². The molecule has 2 aromatic heterocycles. The molecule has 0 spiro atoms. The van der Waals surface area contributed by atoms with Gasteiger partial charge < -0.3 is 52.2 Å². The smallest absolute Gasteiger partial charge is 0.239 e. The van der Waals surface area contributed by atoms with E-state index < -0.39 is 10.9 Å². The van der Waals surface area contributed by atoms with E-state index in [9.17, 15) is 19.8 Å². The Bertz CT molecular complexity index is 2300. The molecular formula is C36H30O13. The summed E-state index contributed by atoms with van der Waals surface area (Å²) in [4.78, 5) is 26.5. The van der Waals surface area contributed by atoms with E-state index in [1.54, 1.807) is 30.3 Å². The molecule has 6 aromatic rings. The lowest BCUT2D eigenvalue weighted by molar-refractivity contribution is 0.116. The summed E-state index contributed by atoms with van der Waals surface area (Å²) in [5.41, 5.74) is 0.234. The van der Waals surface area contributed by atoms with Crippen LogP contribution in [0, 0.1) is 0 Å². The number of hydrogen-bond donors (Lipinski definition) is 2. The average Bonchev–Trinajstić information content (AvgIpc) is 3.10. The van der Waals surface area contributed by atoms with Gasteiger partial charge in [-0.1, -0.05) is 0 Å². The fourth-order valence-electron chi connectivity index (χ4n) is 5.36. The standard InChI is InChI=1S/C36H30O13/c1-41-24-11-8-19(33-36(45-5)32(40)31-28(49-33)16-29(42-2)34(43-3)35(31)44-4)12-26(24)47-17-46-21-13-22(38)30-23(39)15-25(48-27(30)14-21)18-6-9-20(37)10-7-18/h6-16,37-38H,17H2,1-5H3. The lowest BCUT2D eigenvalue weighted by Gasteiger charge is -2.17. The summed E-state index contributed by atoms with van der Waals surface area (Å²) < 4.78 is 51.1. The molecular weight excluding hydrogens is 640 g/mol. The first-order valence-corrected chi connectivity index (χ1v) is 14.6. The van der Waals surface area contributed by atoms with Crippen LogP contribution in [-0.4, -0.2) is 52.6 Å². The molecule has 13 nitrogen and oxygen atoms in total. The van der Waals surface area contributed by atoms with E-state index in [-0.39, 0.29) is 86.2 Å². The van der Waals surface area contributed by atoms with E-state index in [0.717, 1.165) is 0 Å². The lowest BCUT2D eigenvalue weighted by Crippen LogP contribution is -2.10. The first-order valence-electron chi connectivity index (χ1n) is 14.6. The molecule has 0 saturated heterocycles. The molecule has 0 fully saturated rings. The molecule has 13 heteroatoms. The van der Waals surface area contributed by atoms with E-state index in [1.807, 2.05) is 0 Å². The van der Waals surface area contributed by atoms with Gasteiger partial charge in [0.15, 0.2) is 34.2 Å². The van der Waals surface area contributed by atoms with Gasteiger partial charge in [-0.2, -0.15) is 0 Å². The molecule has 49 heavy (non-hydrogen) atoms. The van der Waals surface area contributed by atoms with Gasteiger partial charge in [-0.15, -0.1) is 0 Å². The molecule has 0 radical (unpaired) electrons. The number of rotatable bonds is 11. The second-order valence-corrected chi connectivity index (χ2v) is 10.4. The topological polar surface area (TPSA) is 165 Å². The molecule has 0 aliphatic rings. The molecule has 0 aliphatic carbocycles. The number of aromatic hydroxyl groups is 2. The van der Waals surface area contributed by atoms with Crippen molar-refractivity contribution in [3.63, 3.8) is 0 Å². The highest BCUT2D eigenvalue weighted by Crippen LogP contribution is 2.45. The molecule has 2 heterocycles. The Kier molecular flexibility index (Phi) is 8.82. The summed E-state index contributed by atoms with van der Waals surface area (Å²) in [7, 11) is 7.08. The van der Waals surface area contributed by atoms with Crippen molar-refractivity contribution in [1.29, 1.82) is 0 Å². The quantitative estimate of drug-likeness (QED) is 0.152. The lowest BCUT2D eigenvalue weighted by atomic mass is 10.1. The van der Waals surface area contributed by atoms with Gasteiger partial charge in [-0.25, -0.2) is 0 Å². The zero-order valence-electron chi connectivity index (χ0n) is 26.9. The molecule has 0 saturated carbocycles. The maximum Gasteiger partial charge on any atom is 0.239 e.